The van der Waals surface area contributed by atoms with Crippen molar-refractivity contribution in [2.24, 2.45) is 0 Å². The molecule has 0 aliphatic carbocycles. The first-order valence-electron chi connectivity index (χ1n) is 8.28. The van der Waals surface area contributed by atoms with E-state index in [-0.39, 0.29) is 17.2 Å². The van der Waals surface area contributed by atoms with Crippen LogP contribution < -0.4 is 5.32 Å². The molecule has 8 heteroatoms. The van der Waals surface area contributed by atoms with Crippen LogP contribution in [-0.2, 0) is 6.42 Å². The highest BCUT2D eigenvalue weighted by Gasteiger charge is 2.16. The Balaban J connectivity index is 1.58. The second-order valence-corrected chi connectivity index (χ2v) is 6.61. The number of hydrogen-bond donors (Lipinski definition) is 1. The number of nitrogens with zero attached hydrogens (tertiary/aromatic N) is 3. The van der Waals surface area contributed by atoms with Gasteiger partial charge in [-0.1, -0.05) is 12.1 Å². The van der Waals surface area contributed by atoms with E-state index in [1.165, 1.54) is 17.8 Å². The van der Waals surface area contributed by atoms with Gasteiger partial charge in [0.2, 0.25) is 0 Å². The van der Waals surface area contributed by atoms with E-state index in [9.17, 15) is 14.9 Å². The molecular formula is C19H18N4O3S. The van der Waals surface area contributed by atoms with E-state index in [1.807, 2.05) is 36.5 Å². The number of amides is 1. The third-order valence-corrected chi connectivity index (χ3v) is 4.83. The van der Waals surface area contributed by atoms with Crippen LogP contribution >= 0.6 is 11.8 Å². The number of aromatic nitrogens is 2. The predicted molar refractivity (Wildman–Crippen MR) is 104 cm³/mol. The molecule has 0 radical (unpaired) electrons. The number of thioether (sulfide) groups is 1. The van der Waals surface area contributed by atoms with Crippen molar-refractivity contribution in [3.63, 3.8) is 0 Å². The van der Waals surface area contributed by atoms with Gasteiger partial charge in [-0.05, 0) is 48.6 Å². The first-order valence-corrected chi connectivity index (χ1v) is 9.50. The maximum Gasteiger partial charge on any atom is 0.283 e. The van der Waals surface area contributed by atoms with Gasteiger partial charge in [0.15, 0.2) is 0 Å². The summed E-state index contributed by atoms with van der Waals surface area (Å²) in [6.07, 6.45) is 6.02. The van der Waals surface area contributed by atoms with Crippen LogP contribution in [-0.4, -0.2) is 33.4 Å². The van der Waals surface area contributed by atoms with Crippen molar-refractivity contribution in [3.8, 4) is 5.69 Å². The molecule has 27 heavy (non-hydrogen) atoms. The molecule has 0 fully saturated rings. The molecule has 1 aromatic heterocycles. The number of nitrogens with one attached hydrogen (secondary N) is 1. The van der Waals surface area contributed by atoms with Crippen molar-refractivity contribution in [1.29, 1.82) is 0 Å². The van der Waals surface area contributed by atoms with Gasteiger partial charge in [0.25, 0.3) is 11.6 Å². The number of hydrogen-bond acceptors (Lipinski definition) is 5. The number of benzene rings is 2. The number of carbonyl (C=O) groups excluding carboxylic acids is 1. The van der Waals surface area contributed by atoms with Crippen molar-refractivity contribution in [1.82, 2.24) is 15.1 Å². The Kier molecular flexibility index (Phi) is 5.87. The Morgan fingerprint density at radius 3 is 2.67 bits per heavy atom. The summed E-state index contributed by atoms with van der Waals surface area (Å²) in [5.41, 5.74) is 2.28. The monoisotopic (exact) mass is 382 g/mol. The van der Waals surface area contributed by atoms with Gasteiger partial charge in [0, 0.05) is 30.6 Å². The van der Waals surface area contributed by atoms with Gasteiger partial charge < -0.3 is 5.32 Å². The molecule has 1 heterocycles. The van der Waals surface area contributed by atoms with Gasteiger partial charge in [-0.25, -0.2) is 4.68 Å². The van der Waals surface area contributed by atoms with Gasteiger partial charge in [-0.15, -0.1) is 11.8 Å². The molecular weight excluding hydrogens is 364 g/mol. The average Bonchev–Trinajstić information content (AvgIpc) is 3.22. The number of nitro groups is 1. The van der Waals surface area contributed by atoms with Gasteiger partial charge in [0.05, 0.1) is 15.5 Å². The first-order chi connectivity index (χ1) is 13.1. The summed E-state index contributed by atoms with van der Waals surface area (Å²) in [6, 6.07) is 14.3. The van der Waals surface area contributed by atoms with Gasteiger partial charge in [-0.2, -0.15) is 5.10 Å². The standard InChI is InChI=1S/C19H18N4O3S/c1-27-18-8-5-15(13-17(18)23(25)26)19(24)20-11-9-14-3-6-16(7-4-14)22-12-2-10-21-22/h2-8,10,12-13H,9,11H2,1H3,(H,20,24). The highest BCUT2D eigenvalue weighted by molar-refractivity contribution is 7.98. The van der Waals surface area contributed by atoms with Gasteiger partial charge >= 0.3 is 0 Å². The minimum Gasteiger partial charge on any atom is -0.352 e. The molecule has 0 unspecified atom stereocenters. The van der Waals surface area contributed by atoms with E-state index in [4.69, 9.17) is 0 Å². The third-order valence-electron chi connectivity index (χ3n) is 4.04. The maximum atomic E-state index is 12.3. The second kappa shape index (κ2) is 8.50. The topological polar surface area (TPSA) is 90.1 Å². The Hall–Kier alpha value is -3.13. The smallest absolute Gasteiger partial charge is 0.283 e. The zero-order chi connectivity index (χ0) is 19.2. The molecule has 2 aromatic carbocycles. The van der Waals surface area contributed by atoms with E-state index in [1.54, 1.807) is 29.3 Å². The quantitative estimate of drug-likeness (QED) is 0.384. The van der Waals surface area contributed by atoms with Crippen LogP contribution in [0.1, 0.15) is 15.9 Å². The van der Waals surface area contributed by atoms with E-state index in [0.29, 0.717) is 17.9 Å². The van der Waals surface area contributed by atoms with E-state index in [0.717, 1.165) is 11.3 Å². The van der Waals surface area contributed by atoms with Crippen molar-refractivity contribution in [2.45, 2.75) is 11.3 Å². The van der Waals surface area contributed by atoms with Crippen LogP contribution in [0.15, 0.2) is 65.8 Å². The van der Waals surface area contributed by atoms with Gasteiger partial charge in [0.1, 0.15) is 0 Å². The summed E-state index contributed by atoms with van der Waals surface area (Å²) in [6.45, 7) is 0.442. The summed E-state index contributed by atoms with van der Waals surface area (Å²) in [5, 5.41) is 18.1. The zero-order valence-electron chi connectivity index (χ0n) is 14.7. The molecule has 0 bridgehead atoms. The Morgan fingerprint density at radius 2 is 2.04 bits per heavy atom. The lowest BCUT2D eigenvalue weighted by atomic mass is 10.1. The fourth-order valence-corrected chi connectivity index (χ4v) is 3.18. The minimum atomic E-state index is -0.468. The predicted octanol–water partition coefficient (Wildman–Crippen LogP) is 3.47. The van der Waals surface area contributed by atoms with Crippen LogP contribution in [0.2, 0.25) is 0 Å². The van der Waals surface area contributed by atoms with E-state index < -0.39 is 4.92 Å². The molecule has 7 nitrogen and oxygen atoms in total. The van der Waals surface area contributed by atoms with E-state index >= 15 is 0 Å². The van der Waals surface area contributed by atoms with Gasteiger partial charge in [-0.3, -0.25) is 14.9 Å². The lowest BCUT2D eigenvalue weighted by Crippen LogP contribution is -2.25. The van der Waals surface area contributed by atoms with Crippen LogP contribution in [0.3, 0.4) is 0 Å². The Bertz CT molecular complexity index is 940. The lowest BCUT2D eigenvalue weighted by molar-refractivity contribution is -0.387. The number of nitro benzene ring substituents is 1. The van der Waals surface area contributed by atoms with Crippen molar-refractivity contribution >= 4 is 23.4 Å². The summed E-state index contributed by atoms with van der Waals surface area (Å²) in [5.74, 6) is -0.320. The normalized spacial score (nSPS) is 10.6. The fraction of sp³-hybridized carbons (Fsp3) is 0.158. The summed E-state index contributed by atoms with van der Waals surface area (Å²) >= 11 is 1.28. The SMILES string of the molecule is CSc1ccc(C(=O)NCCc2ccc(-n3cccn3)cc2)cc1[N+](=O)[O-]. The summed E-state index contributed by atoms with van der Waals surface area (Å²) < 4.78 is 1.77. The molecule has 1 amide bonds. The summed E-state index contributed by atoms with van der Waals surface area (Å²) in [4.78, 5) is 23.5. The van der Waals surface area contributed by atoms with E-state index in [2.05, 4.69) is 10.4 Å². The second-order valence-electron chi connectivity index (χ2n) is 5.77. The molecule has 3 rings (SSSR count). The molecule has 138 valence electrons. The summed E-state index contributed by atoms with van der Waals surface area (Å²) in [7, 11) is 0. The lowest BCUT2D eigenvalue weighted by Gasteiger charge is -2.07. The van der Waals surface area contributed by atoms with Crippen molar-refractivity contribution < 1.29 is 9.72 Å². The molecule has 0 atom stereocenters. The van der Waals surface area contributed by atoms with Crippen LogP contribution in [0, 0.1) is 10.1 Å². The molecule has 3 aromatic rings. The largest absolute Gasteiger partial charge is 0.352 e. The Labute approximate surface area is 160 Å². The van der Waals surface area contributed by atoms with Crippen molar-refractivity contribution in [2.75, 3.05) is 12.8 Å². The average molecular weight is 382 g/mol. The highest BCUT2D eigenvalue weighted by Crippen LogP contribution is 2.28. The maximum absolute atomic E-state index is 12.3. The van der Waals surface area contributed by atoms with Crippen molar-refractivity contribution in [3.05, 3.63) is 82.2 Å². The molecule has 0 saturated carbocycles. The first kappa shape index (κ1) is 18.7. The number of carbonyl (C=O) groups is 1. The third kappa shape index (κ3) is 4.53. The molecule has 0 aliphatic heterocycles. The van der Waals surface area contributed by atoms with Crippen LogP contribution in [0.5, 0.6) is 0 Å². The molecule has 0 spiro atoms. The van der Waals surface area contributed by atoms with Crippen LogP contribution in [0.25, 0.3) is 5.69 Å². The molecule has 1 N–H and O–H groups in total. The fourth-order valence-electron chi connectivity index (χ4n) is 2.63. The number of rotatable bonds is 7. The van der Waals surface area contributed by atoms with Crippen LogP contribution in [0.4, 0.5) is 5.69 Å². The minimum absolute atomic E-state index is 0.0515. The zero-order valence-corrected chi connectivity index (χ0v) is 15.5. The highest BCUT2D eigenvalue weighted by atomic mass is 32.2. The molecule has 0 saturated heterocycles. The molecule has 0 aliphatic rings. The Morgan fingerprint density at radius 1 is 1.26 bits per heavy atom.